The number of rotatable bonds is 8. The molecule has 3 rings (SSSR count). The highest BCUT2D eigenvalue weighted by Gasteiger charge is 2.08. The van der Waals surface area contributed by atoms with Crippen LogP contribution in [0.3, 0.4) is 0 Å². The highest BCUT2D eigenvalue weighted by molar-refractivity contribution is 7.07. The molecule has 0 aliphatic heterocycles. The van der Waals surface area contributed by atoms with E-state index >= 15 is 0 Å². The number of hydrogen-bond acceptors (Lipinski definition) is 4. The fourth-order valence-electron chi connectivity index (χ4n) is 2.72. The van der Waals surface area contributed by atoms with E-state index in [1.165, 1.54) is 12.1 Å². The lowest BCUT2D eigenvalue weighted by Gasteiger charge is -2.09. The number of methoxy groups -OCH3 is 1. The van der Waals surface area contributed by atoms with Crippen LogP contribution in [-0.4, -0.2) is 24.9 Å². The number of nitrogens with zero attached hydrogens (tertiary/aromatic N) is 2. The van der Waals surface area contributed by atoms with Gasteiger partial charge in [0.2, 0.25) is 0 Å². The topological polar surface area (TPSA) is 35.8 Å². The summed E-state index contributed by atoms with van der Waals surface area (Å²) in [7, 11) is 1.65. The summed E-state index contributed by atoms with van der Waals surface area (Å²) < 4.78 is 26.1. The minimum absolute atomic E-state index is 0.236. The largest absolute Gasteiger partial charge is 0.497 e. The minimum atomic E-state index is -0.236. The Labute approximate surface area is 162 Å². The van der Waals surface area contributed by atoms with Crippen molar-refractivity contribution in [2.45, 2.75) is 19.9 Å². The third-order valence-corrected chi connectivity index (χ3v) is 4.97. The molecule has 0 atom stereocenters. The molecule has 0 saturated carbocycles. The summed E-state index contributed by atoms with van der Waals surface area (Å²) in [5.74, 6) is 0.566. The molecular weight excluding hydrogens is 363 g/mol. The van der Waals surface area contributed by atoms with Gasteiger partial charge in [0, 0.05) is 25.1 Å². The maximum atomic E-state index is 13.3. The SMILES string of the molecule is CCOCCCn1c(-c2ccc(F)cc2)csc1=Nc1ccc(OC)cc1. The van der Waals surface area contributed by atoms with E-state index in [2.05, 4.69) is 9.95 Å². The summed E-state index contributed by atoms with van der Waals surface area (Å²) in [5.41, 5.74) is 2.87. The van der Waals surface area contributed by atoms with Crippen molar-refractivity contribution in [1.29, 1.82) is 0 Å². The van der Waals surface area contributed by atoms with E-state index in [-0.39, 0.29) is 5.82 Å². The molecule has 0 amide bonds. The van der Waals surface area contributed by atoms with Crippen LogP contribution in [0.4, 0.5) is 10.1 Å². The summed E-state index contributed by atoms with van der Waals surface area (Å²) in [6.45, 7) is 4.18. The van der Waals surface area contributed by atoms with Crippen molar-refractivity contribution in [3.63, 3.8) is 0 Å². The molecule has 6 heteroatoms. The molecule has 4 nitrogen and oxygen atoms in total. The highest BCUT2D eigenvalue weighted by Crippen LogP contribution is 2.22. The summed E-state index contributed by atoms with van der Waals surface area (Å²) in [4.78, 5) is 5.69. The van der Waals surface area contributed by atoms with E-state index in [9.17, 15) is 4.39 Å². The lowest BCUT2D eigenvalue weighted by molar-refractivity contribution is 0.141. The van der Waals surface area contributed by atoms with Gasteiger partial charge in [-0.25, -0.2) is 9.38 Å². The molecule has 0 unspecified atom stereocenters. The molecule has 0 aliphatic rings. The van der Waals surface area contributed by atoms with Crippen molar-refractivity contribution >= 4 is 17.0 Å². The standard InChI is InChI=1S/C21H23FN2O2S/c1-3-26-14-4-13-24-20(16-5-7-17(22)8-6-16)15-27-21(24)23-18-9-11-19(25-2)12-10-18/h5-12,15H,3-4,13-14H2,1-2H3. The summed E-state index contributed by atoms with van der Waals surface area (Å²) >= 11 is 1.57. The smallest absolute Gasteiger partial charge is 0.190 e. The third-order valence-electron chi connectivity index (χ3n) is 4.11. The zero-order valence-corrected chi connectivity index (χ0v) is 16.3. The quantitative estimate of drug-likeness (QED) is 0.510. The van der Waals surface area contributed by atoms with Gasteiger partial charge >= 0.3 is 0 Å². The van der Waals surface area contributed by atoms with Crippen molar-refractivity contribution in [2.75, 3.05) is 20.3 Å². The van der Waals surface area contributed by atoms with Gasteiger partial charge in [0.1, 0.15) is 11.6 Å². The van der Waals surface area contributed by atoms with Crippen LogP contribution >= 0.6 is 11.3 Å². The maximum Gasteiger partial charge on any atom is 0.190 e. The van der Waals surface area contributed by atoms with Crippen molar-refractivity contribution in [3.8, 4) is 17.0 Å². The predicted molar refractivity (Wildman–Crippen MR) is 107 cm³/mol. The Morgan fingerprint density at radius 2 is 1.81 bits per heavy atom. The van der Waals surface area contributed by atoms with Crippen molar-refractivity contribution in [3.05, 3.63) is 64.5 Å². The molecule has 2 aromatic carbocycles. The van der Waals surface area contributed by atoms with Gasteiger partial charge in [-0.15, -0.1) is 11.3 Å². The van der Waals surface area contributed by atoms with Crippen LogP contribution in [0.25, 0.3) is 11.3 Å². The number of aromatic nitrogens is 1. The predicted octanol–water partition coefficient (Wildman–Crippen LogP) is 5.02. The number of thiazole rings is 1. The van der Waals surface area contributed by atoms with E-state index in [4.69, 9.17) is 14.5 Å². The van der Waals surface area contributed by atoms with Crippen molar-refractivity contribution in [1.82, 2.24) is 4.57 Å². The van der Waals surface area contributed by atoms with Gasteiger partial charge in [-0.05, 0) is 67.4 Å². The summed E-state index contributed by atoms with van der Waals surface area (Å²) in [6.07, 6.45) is 0.883. The van der Waals surface area contributed by atoms with E-state index in [0.29, 0.717) is 13.2 Å². The molecule has 1 heterocycles. The molecule has 0 fully saturated rings. The normalized spacial score (nSPS) is 11.7. The van der Waals surface area contributed by atoms with Gasteiger partial charge in [0.25, 0.3) is 0 Å². The summed E-state index contributed by atoms with van der Waals surface area (Å²) in [5, 5.41) is 2.07. The lowest BCUT2D eigenvalue weighted by atomic mass is 10.1. The maximum absolute atomic E-state index is 13.3. The first kappa shape index (κ1) is 19.3. The fourth-order valence-corrected chi connectivity index (χ4v) is 3.68. The van der Waals surface area contributed by atoms with E-state index in [0.717, 1.165) is 40.5 Å². The molecule has 0 saturated heterocycles. The molecule has 0 radical (unpaired) electrons. The molecule has 0 aliphatic carbocycles. The van der Waals surface area contributed by atoms with Gasteiger partial charge in [0.05, 0.1) is 18.5 Å². The average molecular weight is 386 g/mol. The third kappa shape index (κ3) is 5.05. The Kier molecular flexibility index (Phi) is 6.79. The molecule has 142 valence electrons. The van der Waals surface area contributed by atoms with Gasteiger partial charge in [0.15, 0.2) is 4.80 Å². The van der Waals surface area contributed by atoms with E-state index in [1.54, 1.807) is 30.6 Å². The molecule has 1 aromatic heterocycles. The minimum Gasteiger partial charge on any atom is -0.497 e. The van der Waals surface area contributed by atoms with Crippen LogP contribution in [0.15, 0.2) is 58.9 Å². The number of halogens is 1. The Hall–Kier alpha value is -2.44. The van der Waals surface area contributed by atoms with Gasteiger partial charge in [-0.3, -0.25) is 0 Å². The molecule has 0 N–H and O–H groups in total. The second-order valence-electron chi connectivity index (χ2n) is 5.92. The van der Waals surface area contributed by atoms with Crippen LogP contribution < -0.4 is 9.54 Å². The zero-order chi connectivity index (χ0) is 19.1. The van der Waals surface area contributed by atoms with Crippen LogP contribution in [0.1, 0.15) is 13.3 Å². The molecular formula is C21H23FN2O2S. The van der Waals surface area contributed by atoms with Crippen LogP contribution in [0, 0.1) is 5.82 Å². The molecule has 3 aromatic rings. The second kappa shape index (κ2) is 9.48. The fraction of sp³-hybridized carbons (Fsp3) is 0.286. The molecule has 0 bridgehead atoms. The Morgan fingerprint density at radius 1 is 1.07 bits per heavy atom. The first-order valence-corrected chi connectivity index (χ1v) is 9.80. The van der Waals surface area contributed by atoms with Gasteiger partial charge < -0.3 is 14.0 Å². The second-order valence-corrected chi connectivity index (χ2v) is 6.76. The molecule has 0 spiro atoms. The van der Waals surface area contributed by atoms with Gasteiger partial charge in [-0.1, -0.05) is 0 Å². The first-order chi connectivity index (χ1) is 13.2. The van der Waals surface area contributed by atoms with Crippen LogP contribution in [0.2, 0.25) is 0 Å². The van der Waals surface area contributed by atoms with Gasteiger partial charge in [-0.2, -0.15) is 0 Å². The van der Waals surface area contributed by atoms with Crippen molar-refractivity contribution < 1.29 is 13.9 Å². The monoisotopic (exact) mass is 386 g/mol. The Balaban J connectivity index is 1.96. The van der Waals surface area contributed by atoms with E-state index in [1.807, 2.05) is 31.2 Å². The number of hydrogen-bond donors (Lipinski definition) is 0. The van der Waals surface area contributed by atoms with Crippen LogP contribution in [-0.2, 0) is 11.3 Å². The van der Waals surface area contributed by atoms with Crippen LogP contribution in [0.5, 0.6) is 5.75 Å². The Bertz CT molecular complexity index is 915. The number of ether oxygens (including phenoxy) is 2. The van der Waals surface area contributed by atoms with E-state index < -0.39 is 0 Å². The van der Waals surface area contributed by atoms with Crippen molar-refractivity contribution in [2.24, 2.45) is 4.99 Å². The highest BCUT2D eigenvalue weighted by atomic mass is 32.1. The average Bonchev–Trinajstić information content (AvgIpc) is 3.09. The Morgan fingerprint density at radius 3 is 2.48 bits per heavy atom. The molecule has 27 heavy (non-hydrogen) atoms. The zero-order valence-electron chi connectivity index (χ0n) is 15.5. The summed E-state index contributed by atoms with van der Waals surface area (Å²) in [6, 6.07) is 14.2. The first-order valence-electron chi connectivity index (χ1n) is 8.92. The number of benzene rings is 2. The lowest BCUT2D eigenvalue weighted by Crippen LogP contribution is -2.17.